The molecule has 0 saturated carbocycles. The predicted molar refractivity (Wildman–Crippen MR) is 73.2 cm³/mol. The molecule has 20 heavy (non-hydrogen) atoms. The van der Waals surface area contributed by atoms with Gasteiger partial charge in [-0.15, -0.1) is 0 Å². The van der Waals surface area contributed by atoms with Gasteiger partial charge in [-0.05, 0) is 19.1 Å². The minimum absolute atomic E-state index is 0.0894. The fraction of sp³-hybridized carbons (Fsp3) is 0.429. The smallest absolute Gasteiger partial charge is 0.248 e. The Bertz CT molecular complexity index is 504. The number of ether oxygens (including phenoxy) is 1. The Morgan fingerprint density at radius 2 is 2.20 bits per heavy atom. The number of hydrogen-bond donors (Lipinski definition) is 1. The quantitative estimate of drug-likeness (QED) is 0.819. The van der Waals surface area contributed by atoms with Crippen LogP contribution in [0.1, 0.15) is 13.3 Å². The minimum Gasteiger partial charge on any atom is -0.492 e. The highest BCUT2D eigenvalue weighted by molar-refractivity contribution is 6.01. The van der Waals surface area contributed by atoms with Gasteiger partial charge in [-0.1, -0.05) is 12.1 Å². The Hall–Kier alpha value is -2.08. The largest absolute Gasteiger partial charge is 0.492 e. The van der Waals surface area contributed by atoms with E-state index in [2.05, 4.69) is 10.3 Å². The van der Waals surface area contributed by atoms with E-state index in [1.54, 1.807) is 4.90 Å². The van der Waals surface area contributed by atoms with Crippen LogP contribution < -0.4 is 15.1 Å². The molecule has 2 amide bonds. The molecule has 0 bridgehead atoms. The van der Waals surface area contributed by atoms with E-state index in [4.69, 9.17) is 4.74 Å². The van der Waals surface area contributed by atoms with Crippen molar-refractivity contribution in [3.63, 3.8) is 0 Å². The molecule has 0 radical (unpaired) electrons. The van der Waals surface area contributed by atoms with Gasteiger partial charge in [-0.2, -0.15) is 0 Å². The van der Waals surface area contributed by atoms with Crippen molar-refractivity contribution in [1.29, 1.82) is 0 Å². The molecule has 1 N–H and O–H groups in total. The van der Waals surface area contributed by atoms with Crippen LogP contribution in [0.15, 0.2) is 24.3 Å². The van der Waals surface area contributed by atoms with Gasteiger partial charge >= 0.3 is 0 Å². The van der Waals surface area contributed by atoms with Gasteiger partial charge in [0.15, 0.2) is 0 Å². The molecule has 1 unspecified atom stereocenters. The number of para-hydroxylation sites is 2. The molecular weight excluding hydrogens is 260 g/mol. The molecule has 1 aromatic rings. The third-order valence-corrected chi connectivity index (χ3v) is 3.15. The zero-order valence-corrected chi connectivity index (χ0v) is 11.6. The van der Waals surface area contributed by atoms with Gasteiger partial charge in [0, 0.05) is 13.0 Å². The van der Waals surface area contributed by atoms with E-state index in [9.17, 15) is 9.59 Å². The molecule has 1 atom stereocenters. The average Bonchev–Trinajstić information content (AvgIpc) is 2.82. The Kier molecular flexibility index (Phi) is 4.57. The lowest BCUT2D eigenvalue weighted by atomic mass is 10.1. The number of hydrogen-bond acceptors (Lipinski definition) is 4. The zero-order valence-electron chi connectivity index (χ0n) is 11.6. The monoisotopic (exact) mass is 278 g/mol. The summed E-state index contributed by atoms with van der Waals surface area (Å²) in [5, 5.41) is 0. The fourth-order valence-electron chi connectivity index (χ4n) is 2.26. The van der Waals surface area contributed by atoms with Crippen LogP contribution in [-0.2, 0) is 14.4 Å². The van der Waals surface area contributed by atoms with Crippen LogP contribution >= 0.6 is 0 Å². The lowest BCUT2D eigenvalue weighted by Gasteiger charge is -2.19. The van der Waals surface area contributed by atoms with Crippen molar-refractivity contribution in [2.75, 3.05) is 25.2 Å². The molecule has 2 rings (SSSR count). The van der Waals surface area contributed by atoms with Crippen LogP contribution in [0.5, 0.6) is 5.75 Å². The molecule has 0 spiro atoms. The summed E-state index contributed by atoms with van der Waals surface area (Å²) < 4.78 is 5.52. The number of carbonyl (C=O) groups is 2. The molecule has 6 nitrogen and oxygen atoms in total. The highest BCUT2D eigenvalue weighted by Crippen LogP contribution is 2.32. The van der Waals surface area contributed by atoms with Crippen molar-refractivity contribution in [3.8, 4) is 5.75 Å². The molecule has 1 aliphatic rings. The maximum absolute atomic E-state index is 12.1. The number of nitrogens with one attached hydrogen (secondary N) is 1. The second-order valence-electron chi connectivity index (χ2n) is 4.48. The number of nitrogens with zero attached hydrogens (tertiary/aromatic N) is 1. The molecule has 1 heterocycles. The topological polar surface area (TPSA) is 67.9 Å². The van der Waals surface area contributed by atoms with Gasteiger partial charge in [-0.3, -0.25) is 14.4 Å². The van der Waals surface area contributed by atoms with E-state index >= 15 is 0 Å². The SMILES string of the molecule is CCOc1ccccc1N1CC(C(=O)NOC)CC1=O. The predicted octanol–water partition coefficient (Wildman–Crippen LogP) is 1.12. The van der Waals surface area contributed by atoms with E-state index in [1.807, 2.05) is 31.2 Å². The summed E-state index contributed by atoms with van der Waals surface area (Å²) in [6, 6.07) is 7.33. The fourth-order valence-corrected chi connectivity index (χ4v) is 2.26. The minimum atomic E-state index is -0.405. The van der Waals surface area contributed by atoms with Gasteiger partial charge in [-0.25, -0.2) is 5.48 Å². The van der Waals surface area contributed by atoms with E-state index in [-0.39, 0.29) is 18.2 Å². The maximum Gasteiger partial charge on any atom is 0.248 e. The van der Waals surface area contributed by atoms with E-state index < -0.39 is 5.92 Å². The number of rotatable bonds is 5. The van der Waals surface area contributed by atoms with Crippen LogP contribution in [0.2, 0.25) is 0 Å². The number of hydroxylamine groups is 1. The van der Waals surface area contributed by atoms with E-state index in [0.717, 1.165) is 0 Å². The summed E-state index contributed by atoms with van der Waals surface area (Å²) in [6.45, 7) is 2.74. The van der Waals surface area contributed by atoms with E-state index in [1.165, 1.54) is 7.11 Å². The van der Waals surface area contributed by atoms with Gasteiger partial charge in [0.2, 0.25) is 11.8 Å². The van der Waals surface area contributed by atoms with Crippen molar-refractivity contribution < 1.29 is 19.2 Å². The highest BCUT2D eigenvalue weighted by Gasteiger charge is 2.36. The lowest BCUT2D eigenvalue weighted by molar-refractivity contribution is -0.135. The first-order chi connectivity index (χ1) is 9.67. The van der Waals surface area contributed by atoms with Crippen LogP contribution in [0.3, 0.4) is 0 Å². The summed E-state index contributed by atoms with van der Waals surface area (Å²) in [5.41, 5.74) is 2.97. The van der Waals surface area contributed by atoms with E-state index in [0.29, 0.717) is 24.6 Å². The second-order valence-corrected chi connectivity index (χ2v) is 4.48. The Morgan fingerprint density at radius 3 is 2.90 bits per heavy atom. The van der Waals surface area contributed by atoms with Crippen LogP contribution in [0, 0.1) is 5.92 Å². The van der Waals surface area contributed by atoms with Crippen molar-refractivity contribution in [2.45, 2.75) is 13.3 Å². The number of carbonyl (C=O) groups excluding carboxylic acids is 2. The molecule has 1 aromatic carbocycles. The zero-order chi connectivity index (χ0) is 14.5. The highest BCUT2D eigenvalue weighted by atomic mass is 16.6. The Labute approximate surface area is 117 Å². The lowest BCUT2D eigenvalue weighted by Crippen LogP contribution is -2.32. The van der Waals surface area contributed by atoms with Crippen molar-refractivity contribution in [2.24, 2.45) is 5.92 Å². The first kappa shape index (κ1) is 14.3. The van der Waals surface area contributed by atoms with Crippen molar-refractivity contribution in [1.82, 2.24) is 5.48 Å². The second kappa shape index (κ2) is 6.38. The third-order valence-electron chi connectivity index (χ3n) is 3.15. The summed E-state index contributed by atoms with van der Waals surface area (Å²) in [7, 11) is 1.37. The normalized spacial score (nSPS) is 18.2. The number of amides is 2. The summed E-state index contributed by atoms with van der Waals surface area (Å²) >= 11 is 0. The summed E-state index contributed by atoms with van der Waals surface area (Å²) in [4.78, 5) is 30.0. The molecular formula is C14H18N2O4. The maximum atomic E-state index is 12.1. The molecule has 1 saturated heterocycles. The standard InChI is InChI=1S/C14H18N2O4/c1-3-20-12-7-5-4-6-11(12)16-9-10(8-13(16)17)14(18)15-19-2/h4-7,10H,3,8-9H2,1-2H3,(H,15,18). The molecule has 0 aromatic heterocycles. The Morgan fingerprint density at radius 1 is 1.45 bits per heavy atom. The molecule has 108 valence electrons. The van der Waals surface area contributed by atoms with Gasteiger partial charge in [0.05, 0.1) is 25.3 Å². The molecule has 1 aliphatic heterocycles. The van der Waals surface area contributed by atoms with Crippen molar-refractivity contribution in [3.05, 3.63) is 24.3 Å². The molecule has 1 fully saturated rings. The van der Waals surface area contributed by atoms with Gasteiger partial charge < -0.3 is 9.64 Å². The summed E-state index contributed by atoms with van der Waals surface area (Å²) in [6.07, 6.45) is 0.176. The van der Waals surface area contributed by atoms with Crippen LogP contribution in [-0.4, -0.2) is 32.1 Å². The summed E-state index contributed by atoms with van der Waals surface area (Å²) in [5.74, 6) is -0.126. The number of anilines is 1. The third kappa shape index (κ3) is 2.91. The Balaban J connectivity index is 2.17. The van der Waals surface area contributed by atoms with Crippen molar-refractivity contribution >= 4 is 17.5 Å². The average molecular weight is 278 g/mol. The van der Waals surface area contributed by atoms with Gasteiger partial charge in [0.1, 0.15) is 5.75 Å². The first-order valence-electron chi connectivity index (χ1n) is 6.52. The van der Waals surface area contributed by atoms with Crippen LogP contribution in [0.4, 0.5) is 5.69 Å². The molecule has 0 aliphatic carbocycles. The van der Waals surface area contributed by atoms with Crippen LogP contribution in [0.25, 0.3) is 0 Å². The first-order valence-corrected chi connectivity index (χ1v) is 6.52. The van der Waals surface area contributed by atoms with Gasteiger partial charge in [0.25, 0.3) is 0 Å². The number of benzene rings is 1. The molecule has 6 heteroatoms.